The van der Waals surface area contributed by atoms with Gasteiger partial charge < -0.3 is 11.1 Å². The molecule has 0 saturated heterocycles. The van der Waals surface area contributed by atoms with Crippen molar-refractivity contribution in [2.75, 3.05) is 6.54 Å². The molecule has 0 aliphatic rings. The summed E-state index contributed by atoms with van der Waals surface area (Å²) in [5.74, 6) is -0.136. The Hall–Kier alpha value is -1.72. The van der Waals surface area contributed by atoms with Crippen LogP contribution < -0.4 is 11.1 Å². The standard InChI is InChI=1S/C14H17N3OS/c1-10-3-2-4-11(7-10)5-6-16-14(18)12-9-19-13(8-15)17-12/h2-4,7,9H,5-6,8,15H2,1H3,(H,16,18). The number of carbonyl (C=O) groups excluding carboxylic acids is 1. The van der Waals surface area contributed by atoms with Gasteiger partial charge in [-0.2, -0.15) is 0 Å². The molecule has 0 aliphatic carbocycles. The van der Waals surface area contributed by atoms with E-state index in [1.54, 1.807) is 5.38 Å². The van der Waals surface area contributed by atoms with E-state index in [0.29, 0.717) is 18.8 Å². The van der Waals surface area contributed by atoms with Crippen LogP contribution >= 0.6 is 11.3 Å². The van der Waals surface area contributed by atoms with Gasteiger partial charge in [-0.15, -0.1) is 11.3 Å². The summed E-state index contributed by atoms with van der Waals surface area (Å²) >= 11 is 1.41. The number of thiazole rings is 1. The number of hydrogen-bond acceptors (Lipinski definition) is 4. The molecule has 1 aromatic heterocycles. The molecule has 0 atom stereocenters. The zero-order chi connectivity index (χ0) is 13.7. The lowest BCUT2D eigenvalue weighted by Gasteiger charge is -2.04. The van der Waals surface area contributed by atoms with Crippen molar-refractivity contribution < 1.29 is 4.79 Å². The van der Waals surface area contributed by atoms with Crippen molar-refractivity contribution >= 4 is 17.2 Å². The minimum absolute atomic E-state index is 0.136. The van der Waals surface area contributed by atoms with E-state index in [9.17, 15) is 4.79 Å². The number of hydrogen-bond donors (Lipinski definition) is 2. The number of nitrogens with one attached hydrogen (secondary N) is 1. The maximum Gasteiger partial charge on any atom is 0.270 e. The van der Waals surface area contributed by atoms with Crippen molar-refractivity contribution in [3.63, 3.8) is 0 Å². The summed E-state index contributed by atoms with van der Waals surface area (Å²) in [7, 11) is 0. The van der Waals surface area contributed by atoms with Crippen LogP contribution in [0.4, 0.5) is 0 Å². The van der Waals surface area contributed by atoms with Gasteiger partial charge in [0.1, 0.15) is 10.7 Å². The molecule has 1 heterocycles. The van der Waals surface area contributed by atoms with Crippen LogP contribution in [0.3, 0.4) is 0 Å². The van der Waals surface area contributed by atoms with Gasteiger partial charge in [-0.05, 0) is 18.9 Å². The highest BCUT2D eigenvalue weighted by molar-refractivity contribution is 7.09. The average molecular weight is 275 g/mol. The molecule has 5 heteroatoms. The van der Waals surface area contributed by atoms with E-state index in [0.717, 1.165) is 11.4 Å². The third-order valence-electron chi connectivity index (χ3n) is 2.74. The molecule has 0 saturated carbocycles. The zero-order valence-electron chi connectivity index (χ0n) is 10.8. The summed E-state index contributed by atoms with van der Waals surface area (Å²) in [6, 6.07) is 8.28. The summed E-state index contributed by atoms with van der Waals surface area (Å²) in [5.41, 5.74) is 8.38. The molecule has 19 heavy (non-hydrogen) atoms. The topological polar surface area (TPSA) is 68.0 Å². The van der Waals surface area contributed by atoms with Crippen molar-refractivity contribution in [2.45, 2.75) is 19.9 Å². The lowest BCUT2D eigenvalue weighted by atomic mass is 10.1. The highest BCUT2D eigenvalue weighted by atomic mass is 32.1. The van der Waals surface area contributed by atoms with Crippen molar-refractivity contribution in [1.82, 2.24) is 10.3 Å². The summed E-state index contributed by atoms with van der Waals surface area (Å²) in [6.45, 7) is 3.05. The Kier molecular flexibility index (Phi) is 4.65. The van der Waals surface area contributed by atoms with E-state index in [1.165, 1.54) is 22.5 Å². The first kappa shape index (κ1) is 13.7. The van der Waals surface area contributed by atoms with Crippen LogP contribution in [0.1, 0.15) is 26.6 Å². The zero-order valence-corrected chi connectivity index (χ0v) is 11.7. The maximum atomic E-state index is 11.8. The van der Waals surface area contributed by atoms with Crippen LogP contribution in [0.25, 0.3) is 0 Å². The number of nitrogens with zero attached hydrogens (tertiary/aromatic N) is 1. The molecule has 0 fully saturated rings. The van der Waals surface area contributed by atoms with Crippen molar-refractivity contribution in [1.29, 1.82) is 0 Å². The van der Waals surface area contributed by atoms with Crippen LogP contribution in [0.5, 0.6) is 0 Å². The predicted molar refractivity (Wildman–Crippen MR) is 77.2 cm³/mol. The van der Waals surface area contributed by atoms with Gasteiger partial charge in [0.2, 0.25) is 0 Å². The number of aryl methyl sites for hydroxylation is 1. The highest BCUT2D eigenvalue weighted by Crippen LogP contribution is 2.08. The van der Waals surface area contributed by atoms with Crippen LogP contribution in [0, 0.1) is 6.92 Å². The Balaban J connectivity index is 1.84. The number of aromatic nitrogens is 1. The Morgan fingerprint density at radius 3 is 3.00 bits per heavy atom. The molecule has 0 aliphatic heterocycles. The van der Waals surface area contributed by atoms with E-state index in [2.05, 4.69) is 35.4 Å². The third kappa shape index (κ3) is 3.87. The first-order valence-corrected chi connectivity index (χ1v) is 7.05. The molecule has 4 nitrogen and oxygen atoms in total. The Labute approximate surface area is 116 Å². The summed E-state index contributed by atoms with van der Waals surface area (Å²) in [6.07, 6.45) is 0.821. The molecule has 3 N–H and O–H groups in total. The molecule has 0 bridgehead atoms. The fourth-order valence-electron chi connectivity index (χ4n) is 1.79. The van der Waals surface area contributed by atoms with Gasteiger partial charge in [-0.3, -0.25) is 4.79 Å². The second-order valence-corrected chi connectivity index (χ2v) is 5.27. The minimum Gasteiger partial charge on any atom is -0.350 e. The van der Waals surface area contributed by atoms with Gasteiger partial charge in [-0.1, -0.05) is 29.8 Å². The van der Waals surface area contributed by atoms with E-state index >= 15 is 0 Å². The van der Waals surface area contributed by atoms with Crippen molar-refractivity contribution in [2.24, 2.45) is 5.73 Å². The van der Waals surface area contributed by atoms with Gasteiger partial charge in [0.05, 0.1) is 0 Å². The molecule has 2 rings (SSSR count). The summed E-state index contributed by atoms with van der Waals surface area (Å²) in [4.78, 5) is 16.0. The first-order valence-electron chi connectivity index (χ1n) is 6.17. The van der Waals surface area contributed by atoms with Gasteiger partial charge in [-0.25, -0.2) is 4.98 Å². The fourth-order valence-corrected chi connectivity index (χ4v) is 2.44. The van der Waals surface area contributed by atoms with Crippen LogP contribution in [0.15, 0.2) is 29.6 Å². The van der Waals surface area contributed by atoms with Crippen LogP contribution in [-0.2, 0) is 13.0 Å². The van der Waals surface area contributed by atoms with E-state index in [1.807, 2.05) is 6.07 Å². The number of nitrogens with two attached hydrogens (primary N) is 1. The normalized spacial score (nSPS) is 10.4. The second-order valence-electron chi connectivity index (χ2n) is 4.33. The fraction of sp³-hybridized carbons (Fsp3) is 0.286. The van der Waals surface area contributed by atoms with Gasteiger partial charge in [0, 0.05) is 18.5 Å². The van der Waals surface area contributed by atoms with Crippen molar-refractivity contribution in [3.05, 3.63) is 51.5 Å². The second kappa shape index (κ2) is 6.45. The largest absolute Gasteiger partial charge is 0.350 e. The van der Waals surface area contributed by atoms with E-state index in [4.69, 9.17) is 5.73 Å². The Morgan fingerprint density at radius 1 is 1.47 bits per heavy atom. The van der Waals surface area contributed by atoms with Gasteiger partial charge in [0.25, 0.3) is 5.91 Å². The maximum absolute atomic E-state index is 11.8. The Bertz CT molecular complexity index is 565. The molecule has 1 aromatic carbocycles. The number of benzene rings is 1. The predicted octanol–water partition coefficient (Wildman–Crippen LogP) is 1.88. The molecule has 0 radical (unpaired) electrons. The molecule has 100 valence electrons. The van der Waals surface area contributed by atoms with Crippen LogP contribution in [0.2, 0.25) is 0 Å². The Morgan fingerprint density at radius 2 is 2.32 bits per heavy atom. The average Bonchev–Trinajstić information content (AvgIpc) is 2.87. The highest BCUT2D eigenvalue weighted by Gasteiger charge is 2.09. The monoisotopic (exact) mass is 275 g/mol. The lowest BCUT2D eigenvalue weighted by Crippen LogP contribution is -2.26. The smallest absolute Gasteiger partial charge is 0.270 e. The number of carbonyl (C=O) groups is 1. The van der Waals surface area contributed by atoms with E-state index < -0.39 is 0 Å². The molecular weight excluding hydrogens is 258 g/mol. The molecule has 0 spiro atoms. The number of amides is 1. The lowest BCUT2D eigenvalue weighted by molar-refractivity contribution is 0.0949. The molecule has 2 aromatic rings. The van der Waals surface area contributed by atoms with Gasteiger partial charge in [0.15, 0.2) is 0 Å². The summed E-state index contributed by atoms with van der Waals surface area (Å²) < 4.78 is 0. The summed E-state index contributed by atoms with van der Waals surface area (Å²) in [5, 5.41) is 5.39. The quantitative estimate of drug-likeness (QED) is 0.875. The SMILES string of the molecule is Cc1cccc(CCNC(=O)c2csc(CN)n2)c1. The van der Waals surface area contributed by atoms with Crippen LogP contribution in [-0.4, -0.2) is 17.4 Å². The first-order chi connectivity index (χ1) is 9.19. The molecule has 1 amide bonds. The van der Waals surface area contributed by atoms with E-state index in [-0.39, 0.29) is 5.91 Å². The molecular formula is C14H17N3OS. The van der Waals surface area contributed by atoms with Gasteiger partial charge >= 0.3 is 0 Å². The number of rotatable bonds is 5. The van der Waals surface area contributed by atoms with Crippen molar-refractivity contribution in [3.8, 4) is 0 Å². The minimum atomic E-state index is -0.136. The molecule has 0 unspecified atom stereocenters. The third-order valence-corrected chi connectivity index (χ3v) is 3.61.